The molecule has 2 aromatic heterocycles. The van der Waals surface area contributed by atoms with Crippen molar-refractivity contribution in [2.45, 2.75) is 26.3 Å². The third kappa shape index (κ3) is 2.65. The van der Waals surface area contributed by atoms with Crippen molar-refractivity contribution < 1.29 is 9.53 Å². The van der Waals surface area contributed by atoms with Gasteiger partial charge in [-0.05, 0) is 43.5 Å². The maximum Gasteiger partial charge on any atom is 0.339 e. The van der Waals surface area contributed by atoms with Crippen LogP contribution in [0.1, 0.15) is 29.8 Å². The van der Waals surface area contributed by atoms with Gasteiger partial charge in [0.25, 0.3) is 0 Å². The zero-order chi connectivity index (χ0) is 17.6. The van der Waals surface area contributed by atoms with Crippen LogP contribution in [0.15, 0.2) is 29.6 Å². The Morgan fingerprint density at radius 3 is 3.00 bits per heavy atom. The highest BCUT2D eigenvalue weighted by molar-refractivity contribution is 7.17. The van der Waals surface area contributed by atoms with Gasteiger partial charge in [0, 0.05) is 17.1 Å². The number of aromatic nitrogens is 2. The van der Waals surface area contributed by atoms with Crippen LogP contribution in [0.4, 0.5) is 11.5 Å². The zero-order valence-corrected chi connectivity index (χ0v) is 15.4. The summed E-state index contributed by atoms with van der Waals surface area (Å²) in [6.07, 6.45) is 0.915. The minimum Gasteiger partial charge on any atom is -0.462 e. The van der Waals surface area contributed by atoms with Gasteiger partial charge in [0.05, 0.1) is 17.6 Å². The molecule has 3 aromatic rings. The normalized spacial score (nSPS) is 16.3. The molecule has 0 radical (unpaired) electrons. The molecule has 0 amide bonds. The van der Waals surface area contributed by atoms with Crippen LogP contribution in [-0.4, -0.2) is 28.6 Å². The second kappa shape index (κ2) is 6.28. The van der Waals surface area contributed by atoms with Gasteiger partial charge < -0.3 is 9.64 Å². The van der Waals surface area contributed by atoms with E-state index < -0.39 is 0 Å². The Hall–Kier alpha value is -2.18. The number of carbonyl (C=O) groups is 1. The fourth-order valence-electron chi connectivity index (χ4n) is 3.32. The van der Waals surface area contributed by atoms with Gasteiger partial charge in [-0.2, -0.15) is 4.98 Å². The minimum atomic E-state index is -0.360. The van der Waals surface area contributed by atoms with E-state index in [2.05, 4.69) is 33.9 Å². The average Bonchev–Trinajstić information content (AvgIpc) is 3.14. The van der Waals surface area contributed by atoms with E-state index in [4.69, 9.17) is 16.3 Å². The molecule has 1 aliphatic rings. The van der Waals surface area contributed by atoms with Crippen molar-refractivity contribution >= 4 is 50.6 Å². The lowest BCUT2D eigenvalue weighted by Crippen LogP contribution is -2.25. The second-order valence-corrected chi connectivity index (χ2v) is 7.11. The Labute approximate surface area is 154 Å². The van der Waals surface area contributed by atoms with Gasteiger partial charge in [-0.3, -0.25) is 0 Å². The van der Waals surface area contributed by atoms with Crippen molar-refractivity contribution in [1.29, 1.82) is 0 Å². The lowest BCUT2D eigenvalue weighted by Gasteiger charge is -2.25. The van der Waals surface area contributed by atoms with E-state index >= 15 is 0 Å². The summed E-state index contributed by atoms with van der Waals surface area (Å²) in [7, 11) is 0. The number of nitrogens with zero attached hydrogens (tertiary/aromatic N) is 3. The van der Waals surface area contributed by atoms with Crippen LogP contribution in [0.5, 0.6) is 0 Å². The van der Waals surface area contributed by atoms with Crippen molar-refractivity contribution in [1.82, 2.24) is 9.97 Å². The molecule has 25 heavy (non-hydrogen) atoms. The van der Waals surface area contributed by atoms with Crippen LogP contribution in [0.3, 0.4) is 0 Å². The van der Waals surface area contributed by atoms with E-state index in [1.54, 1.807) is 12.3 Å². The molecule has 1 atom stereocenters. The standard InChI is InChI=1S/C18H16ClN3O2S/c1-3-24-17(23)12-9-25-16-14(12)15(20-18(19)21-16)22-10(2)8-11-6-4-5-7-13(11)22/h4-7,9-10H,3,8H2,1-2H3. The first-order valence-electron chi connectivity index (χ1n) is 8.09. The Bertz CT molecular complexity index is 972. The fraction of sp³-hybridized carbons (Fsp3) is 0.278. The highest BCUT2D eigenvalue weighted by Gasteiger charge is 2.31. The van der Waals surface area contributed by atoms with Gasteiger partial charge in [0.1, 0.15) is 10.6 Å². The maximum absolute atomic E-state index is 12.4. The van der Waals surface area contributed by atoms with Crippen molar-refractivity contribution in [3.8, 4) is 0 Å². The predicted molar refractivity (Wildman–Crippen MR) is 100 cm³/mol. The molecule has 5 nitrogen and oxygen atoms in total. The monoisotopic (exact) mass is 373 g/mol. The van der Waals surface area contributed by atoms with E-state index in [1.165, 1.54) is 16.9 Å². The molecule has 0 aliphatic carbocycles. The molecule has 0 saturated heterocycles. The summed E-state index contributed by atoms with van der Waals surface area (Å²) in [6, 6.07) is 8.43. The number of halogens is 1. The third-order valence-corrected chi connectivity index (χ3v) is 5.36. The molecular weight excluding hydrogens is 358 g/mol. The smallest absolute Gasteiger partial charge is 0.339 e. The zero-order valence-electron chi connectivity index (χ0n) is 13.8. The van der Waals surface area contributed by atoms with Crippen LogP contribution in [0, 0.1) is 0 Å². The van der Waals surface area contributed by atoms with E-state index in [0.717, 1.165) is 12.1 Å². The number of carbonyl (C=O) groups excluding carboxylic acids is 1. The first-order chi connectivity index (χ1) is 12.1. The largest absolute Gasteiger partial charge is 0.462 e. The summed E-state index contributed by atoms with van der Waals surface area (Å²) in [5, 5.41) is 2.65. The quantitative estimate of drug-likeness (QED) is 0.496. The SMILES string of the molecule is CCOC(=O)c1csc2nc(Cl)nc(N3c4ccccc4CC3C)c12. The Morgan fingerprint density at radius 1 is 1.40 bits per heavy atom. The summed E-state index contributed by atoms with van der Waals surface area (Å²) >= 11 is 7.54. The molecule has 1 aromatic carbocycles. The summed E-state index contributed by atoms with van der Waals surface area (Å²) < 4.78 is 5.20. The number of benzene rings is 1. The Kier molecular flexibility index (Phi) is 4.09. The number of fused-ring (bicyclic) bond motifs is 2. The highest BCUT2D eigenvalue weighted by atomic mass is 35.5. The van der Waals surface area contributed by atoms with Gasteiger partial charge in [-0.1, -0.05) is 18.2 Å². The van der Waals surface area contributed by atoms with E-state index in [1.807, 2.05) is 12.1 Å². The molecule has 4 rings (SSSR count). The van der Waals surface area contributed by atoms with Crippen LogP contribution in [-0.2, 0) is 11.2 Å². The molecule has 1 aliphatic heterocycles. The third-order valence-electron chi connectivity index (χ3n) is 4.32. The van der Waals surface area contributed by atoms with Gasteiger partial charge >= 0.3 is 5.97 Å². The molecule has 3 heterocycles. The lowest BCUT2D eigenvalue weighted by atomic mass is 10.1. The second-order valence-electron chi connectivity index (χ2n) is 5.92. The molecule has 1 unspecified atom stereocenters. The number of rotatable bonds is 3. The lowest BCUT2D eigenvalue weighted by molar-refractivity contribution is 0.0529. The number of hydrogen-bond acceptors (Lipinski definition) is 6. The topological polar surface area (TPSA) is 55.3 Å². The Morgan fingerprint density at radius 2 is 2.20 bits per heavy atom. The average molecular weight is 374 g/mol. The number of anilines is 2. The number of ether oxygens (including phenoxy) is 1. The number of thiophene rings is 1. The van der Waals surface area contributed by atoms with Gasteiger partial charge in [0.2, 0.25) is 5.28 Å². The summed E-state index contributed by atoms with van der Waals surface area (Å²) in [5.74, 6) is 0.304. The summed E-state index contributed by atoms with van der Waals surface area (Å²) in [4.78, 5) is 24.0. The summed E-state index contributed by atoms with van der Waals surface area (Å²) in [5.41, 5.74) is 2.84. The number of esters is 1. The van der Waals surface area contributed by atoms with E-state index in [9.17, 15) is 4.79 Å². The van der Waals surface area contributed by atoms with Gasteiger partial charge in [0.15, 0.2) is 0 Å². The minimum absolute atomic E-state index is 0.177. The van der Waals surface area contributed by atoms with Gasteiger partial charge in [-0.25, -0.2) is 9.78 Å². The van der Waals surface area contributed by atoms with E-state index in [-0.39, 0.29) is 17.3 Å². The molecular formula is C18H16ClN3O2S. The fourth-order valence-corrected chi connectivity index (χ4v) is 4.44. The molecule has 0 fully saturated rings. The molecule has 0 N–H and O–H groups in total. The first-order valence-corrected chi connectivity index (χ1v) is 9.35. The van der Waals surface area contributed by atoms with Crippen molar-refractivity contribution in [3.63, 3.8) is 0 Å². The number of hydrogen-bond donors (Lipinski definition) is 0. The number of para-hydroxylation sites is 1. The first kappa shape index (κ1) is 16.3. The van der Waals surface area contributed by atoms with Crippen molar-refractivity contribution in [2.75, 3.05) is 11.5 Å². The molecule has 128 valence electrons. The maximum atomic E-state index is 12.4. The summed E-state index contributed by atoms with van der Waals surface area (Å²) in [6.45, 7) is 4.25. The van der Waals surface area contributed by atoms with Crippen molar-refractivity contribution in [3.05, 3.63) is 46.1 Å². The van der Waals surface area contributed by atoms with Crippen molar-refractivity contribution in [2.24, 2.45) is 0 Å². The van der Waals surface area contributed by atoms with Crippen LogP contribution >= 0.6 is 22.9 Å². The van der Waals surface area contributed by atoms with Crippen LogP contribution in [0.25, 0.3) is 10.2 Å². The molecule has 7 heteroatoms. The highest BCUT2D eigenvalue weighted by Crippen LogP contribution is 2.42. The predicted octanol–water partition coefficient (Wildman–Crippen LogP) is 4.60. The Balaban J connectivity index is 1.95. The molecule has 0 spiro atoms. The van der Waals surface area contributed by atoms with E-state index in [0.29, 0.717) is 28.2 Å². The van der Waals surface area contributed by atoms with Crippen LogP contribution in [0.2, 0.25) is 5.28 Å². The van der Waals surface area contributed by atoms with Crippen LogP contribution < -0.4 is 4.90 Å². The molecule has 0 bridgehead atoms. The van der Waals surface area contributed by atoms with Gasteiger partial charge in [-0.15, -0.1) is 11.3 Å². The molecule has 0 saturated carbocycles.